The van der Waals surface area contributed by atoms with Crippen molar-refractivity contribution in [3.05, 3.63) is 17.1 Å². The van der Waals surface area contributed by atoms with E-state index in [1.807, 2.05) is 12.3 Å². The summed E-state index contributed by atoms with van der Waals surface area (Å²) >= 11 is 2.60. The molecule has 2 aromatic rings. The van der Waals surface area contributed by atoms with Gasteiger partial charge in [-0.25, -0.2) is 13.4 Å². The molecular formula is C17H23N3O3S3. The van der Waals surface area contributed by atoms with Crippen molar-refractivity contribution in [3.8, 4) is 10.4 Å². The van der Waals surface area contributed by atoms with Gasteiger partial charge in [0.05, 0.1) is 10.6 Å². The Balaban J connectivity index is 1.81. The molecule has 1 N–H and O–H groups in total. The molecule has 26 heavy (non-hydrogen) atoms. The van der Waals surface area contributed by atoms with Gasteiger partial charge in [0.15, 0.2) is 5.13 Å². The van der Waals surface area contributed by atoms with Crippen LogP contribution in [0, 0.1) is 12.8 Å². The summed E-state index contributed by atoms with van der Waals surface area (Å²) < 4.78 is 27.8. The normalized spacial score (nSPS) is 16.7. The molecule has 1 fully saturated rings. The monoisotopic (exact) mass is 413 g/mol. The smallest absolute Gasteiger partial charge is 0.252 e. The molecule has 3 heterocycles. The van der Waals surface area contributed by atoms with E-state index in [0.717, 1.165) is 35.4 Å². The lowest BCUT2D eigenvalue weighted by atomic mass is 9.96. The fourth-order valence-electron chi connectivity index (χ4n) is 3.12. The molecule has 0 aliphatic carbocycles. The van der Waals surface area contributed by atoms with E-state index < -0.39 is 10.0 Å². The summed E-state index contributed by atoms with van der Waals surface area (Å²) in [5, 5.41) is 5.06. The second kappa shape index (κ2) is 7.75. The molecule has 0 radical (unpaired) electrons. The minimum absolute atomic E-state index is 0.172. The second-order valence-electron chi connectivity index (χ2n) is 6.52. The van der Waals surface area contributed by atoms with Gasteiger partial charge in [0.25, 0.3) is 10.0 Å². The molecule has 142 valence electrons. The lowest BCUT2D eigenvalue weighted by Gasteiger charge is -2.30. The number of sulfonamides is 1. The third-order valence-electron chi connectivity index (χ3n) is 4.66. The van der Waals surface area contributed by atoms with Crippen LogP contribution in [0.2, 0.25) is 0 Å². The largest absolute Gasteiger partial charge is 0.302 e. The fraction of sp³-hybridized carbons (Fsp3) is 0.529. The molecule has 0 bridgehead atoms. The van der Waals surface area contributed by atoms with Gasteiger partial charge >= 0.3 is 0 Å². The first kappa shape index (κ1) is 19.5. The van der Waals surface area contributed by atoms with Crippen LogP contribution in [0.15, 0.2) is 15.7 Å². The van der Waals surface area contributed by atoms with Crippen molar-refractivity contribution in [2.75, 3.05) is 18.4 Å². The fourth-order valence-corrected chi connectivity index (χ4v) is 6.99. The van der Waals surface area contributed by atoms with E-state index in [0.29, 0.717) is 28.3 Å². The van der Waals surface area contributed by atoms with Gasteiger partial charge in [-0.2, -0.15) is 4.31 Å². The van der Waals surface area contributed by atoms with E-state index in [1.54, 1.807) is 10.4 Å². The van der Waals surface area contributed by atoms with Gasteiger partial charge < -0.3 is 5.32 Å². The quantitative estimate of drug-likeness (QED) is 0.805. The zero-order valence-electron chi connectivity index (χ0n) is 15.1. The number of carbonyl (C=O) groups is 1. The van der Waals surface area contributed by atoms with Gasteiger partial charge in [0.2, 0.25) is 5.91 Å². The van der Waals surface area contributed by atoms with E-state index in [1.165, 1.54) is 29.6 Å². The Morgan fingerprint density at radius 3 is 2.69 bits per heavy atom. The highest BCUT2D eigenvalue weighted by Gasteiger charge is 2.30. The molecule has 0 atom stereocenters. The number of nitrogens with one attached hydrogen (secondary N) is 1. The zero-order valence-corrected chi connectivity index (χ0v) is 17.6. The third-order valence-corrected chi connectivity index (χ3v) is 9.10. The van der Waals surface area contributed by atoms with Crippen LogP contribution in [0.5, 0.6) is 0 Å². The topological polar surface area (TPSA) is 79.4 Å². The number of aromatic nitrogens is 1. The Morgan fingerprint density at radius 1 is 1.38 bits per heavy atom. The molecular weight excluding hydrogens is 390 g/mol. The molecule has 0 spiro atoms. The molecule has 1 amide bonds. The molecule has 0 aromatic carbocycles. The number of nitrogens with zero attached hydrogens (tertiary/aromatic N) is 2. The number of aryl methyl sites for hydroxylation is 1. The maximum atomic E-state index is 12.9. The Bertz CT molecular complexity index is 893. The summed E-state index contributed by atoms with van der Waals surface area (Å²) in [7, 11) is -3.44. The molecule has 2 aromatic heterocycles. The summed E-state index contributed by atoms with van der Waals surface area (Å²) in [5.41, 5.74) is 1.62. The first-order chi connectivity index (χ1) is 12.3. The van der Waals surface area contributed by atoms with Crippen molar-refractivity contribution in [2.24, 2.45) is 5.92 Å². The van der Waals surface area contributed by atoms with Gasteiger partial charge in [-0.1, -0.05) is 24.7 Å². The Kier molecular flexibility index (Phi) is 5.81. The first-order valence-electron chi connectivity index (χ1n) is 8.65. The van der Waals surface area contributed by atoms with Crippen LogP contribution >= 0.6 is 22.7 Å². The minimum atomic E-state index is -3.44. The number of hydrogen-bond donors (Lipinski definition) is 1. The van der Waals surface area contributed by atoms with E-state index in [4.69, 9.17) is 0 Å². The number of carbonyl (C=O) groups excluding carboxylic acids is 1. The number of hydrogen-bond acceptors (Lipinski definition) is 6. The van der Waals surface area contributed by atoms with Gasteiger partial charge in [0.1, 0.15) is 4.21 Å². The van der Waals surface area contributed by atoms with Crippen LogP contribution in [-0.2, 0) is 14.8 Å². The SMILES string of the molecule is CCC1CCN(S(=O)(=O)c2cc(-c3sc(NC(C)=O)nc3C)cs2)CC1. The second-order valence-corrected chi connectivity index (χ2v) is 10.6. The molecule has 0 saturated carbocycles. The van der Waals surface area contributed by atoms with Crippen molar-refractivity contribution < 1.29 is 13.2 Å². The van der Waals surface area contributed by atoms with Crippen LogP contribution in [-0.4, -0.2) is 36.7 Å². The van der Waals surface area contributed by atoms with E-state index in [-0.39, 0.29) is 5.91 Å². The Hall–Kier alpha value is -1.29. The number of thiophene rings is 1. The van der Waals surface area contributed by atoms with Crippen LogP contribution in [0.25, 0.3) is 10.4 Å². The lowest BCUT2D eigenvalue weighted by Crippen LogP contribution is -2.37. The average Bonchev–Trinajstić information content (AvgIpc) is 3.21. The highest BCUT2D eigenvalue weighted by molar-refractivity contribution is 7.91. The molecule has 1 aliphatic rings. The summed E-state index contributed by atoms with van der Waals surface area (Å²) in [6, 6.07) is 1.73. The number of amides is 1. The average molecular weight is 414 g/mol. The van der Waals surface area contributed by atoms with E-state index in [9.17, 15) is 13.2 Å². The third kappa shape index (κ3) is 4.00. The first-order valence-corrected chi connectivity index (χ1v) is 11.8. The maximum Gasteiger partial charge on any atom is 0.252 e. The van der Waals surface area contributed by atoms with Crippen LogP contribution in [0.1, 0.15) is 38.8 Å². The van der Waals surface area contributed by atoms with Gasteiger partial charge in [-0.05, 0) is 31.7 Å². The number of thiazole rings is 1. The van der Waals surface area contributed by atoms with Crippen LogP contribution in [0.4, 0.5) is 5.13 Å². The van der Waals surface area contributed by atoms with Crippen molar-refractivity contribution >= 4 is 43.7 Å². The summed E-state index contributed by atoms with van der Waals surface area (Å²) in [5.74, 6) is 0.460. The predicted octanol–water partition coefficient (Wildman–Crippen LogP) is 3.95. The van der Waals surface area contributed by atoms with Crippen molar-refractivity contribution in [1.82, 2.24) is 9.29 Å². The van der Waals surface area contributed by atoms with E-state index in [2.05, 4.69) is 17.2 Å². The van der Waals surface area contributed by atoms with Crippen LogP contribution < -0.4 is 5.32 Å². The summed E-state index contributed by atoms with van der Waals surface area (Å²) in [6.07, 6.45) is 2.97. The highest BCUT2D eigenvalue weighted by Crippen LogP contribution is 2.37. The number of piperidine rings is 1. The number of anilines is 1. The lowest BCUT2D eigenvalue weighted by molar-refractivity contribution is -0.114. The molecule has 3 rings (SSSR count). The predicted molar refractivity (Wildman–Crippen MR) is 106 cm³/mol. The minimum Gasteiger partial charge on any atom is -0.302 e. The van der Waals surface area contributed by atoms with Crippen LogP contribution in [0.3, 0.4) is 0 Å². The van der Waals surface area contributed by atoms with Crippen molar-refractivity contribution in [2.45, 2.75) is 44.2 Å². The molecule has 1 saturated heterocycles. The standard InChI is InChI=1S/C17H23N3O3S3/c1-4-13-5-7-20(8-6-13)26(22,23)15-9-14(10-24-15)16-11(2)18-17(25-16)19-12(3)21/h9-10,13H,4-8H2,1-3H3,(H,18,19,21). The maximum absolute atomic E-state index is 12.9. The number of rotatable bonds is 5. The molecule has 0 unspecified atom stereocenters. The van der Waals surface area contributed by atoms with Gasteiger partial charge in [-0.3, -0.25) is 4.79 Å². The summed E-state index contributed by atoms with van der Waals surface area (Å²) in [6.45, 7) is 6.65. The molecule has 6 nitrogen and oxygen atoms in total. The Morgan fingerprint density at radius 2 is 2.08 bits per heavy atom. The van der Waals surface area contributed by atoms with Gasteiger partial charge in [0, 0.05) is 31.0 Å². The van der Waals surface area contributed by atoms with Crippen molar-refractivity contribution in [3.63, 3.8) is 0 Å². The summed E-state index contributed by atoms with van der Waals surface area (Å²) in [4.78, 5) is 16.4. The highest BCUT2D eigenvalue weighted by atomic mass is 32.2. The van der Waals surface area contributed by atoms with Gasteiger partial charge in [-0.15, -0.1) is 11.3 Å². The molecule has 1 aliphatic heterocycles. The zero-order chi connectivity index (χ0) is 18.9. The Labute approximate surface area is 162 Å². The van der Waals surface area contributed by atoms with Crippen molar-refractivity contribution in [1.29, 1.82) is 0 Å². The molecule has 9 heteroatoms. The van der Waals surface area contributed by atoms with E-state index >= 15 is 0 Å².